The lowest BCUT2D eigenvalue weighted by atomic mass is 10.0. The van der Waals surface area contributed by atoms with Gasteiger partial charge in [-0.15, -0.1) is 0 Å². The van der Waals surface area contributed by atoms with E-state index in [9.17, 15) is 9.18 Å². The minimum absolute atomic E-state index is 0.0660. The summed E-state index contributed by atoms with van der Waals surface area (Å²) >= 11 is 0. The predicted molar refractivity (Wildman–Crippen MR) is 65.1 cm³/mol. The standard InChI is InChI=1S/C13H15FN2O2/c1-16-12(17)6-9-4-8(5-10(14)13(9)16)11-7-15-2-3-18-11/h4-5,11,15H,2-3,6-7H2,1H3. The largest absolute Gasteiger partial charge is 0.371 e. The zero-order valence-corrected chi connectivity index (χ0v) is 10.2. The normalized spacial score (nSPS) is 23.3. The van der Waals surface area contributed by atoms with Crippen LogP contribution >= 0.6 is 0 Å². The van der Waals surface area contributed by atoms with E-state index in [1.165, 1.54) is 11.0 Å². The molecule has 1 atom stereocenters. The first-order valence-corrected chi connectivity index (χ1v) is 6.08. The Labute approximate surface area is 105 Å². The van der Waals surface area contributed by atoms with Gasteiger partial charge in [-0.25, -0.2) is 4.39 Å². The van der Waals surface area contributed by atoms with Gasteiger partial charge in [-0.3, -0.25) is 4.79 Å². The summed E-state index contributed by atoms with van der Waals surface area (Å²) in [7, 11) is 1.61. The van der Waals surface area contributed by atoms with Crippen LogP contribution in [0.1, 0.15) is 17.2 Å². The second-order valence-electron chi connectivity index (χ2n) is 4.70. The number of fused-ring (bicyclic) bond motifs is 1. The summed E-state index contributed by atoms with van der Waals surface area (Å²) in [5, 5.41) is 3.21. The molecule has 4 nitrogen and oxygen atoms in total. The van der Waals surface area contributed by atoms with Crippen LogP contribution in [0.25, 0.3) is 0 Å². The molecule has 1 aromatic carbocycles. The van der Waals surface area contributed by atoms with E-state index in [1.807, 2.05) is 6.07 Å². The Morgan fingerprint density at radius 1 is 1.50 bits per heavy atom. The first-order valence-electron chi connectivity index (χ1n) is 6.08. The lowest BCUT2D eigenvalue weighted by molar-refractivity contribution is -0.117. The SMILES string of the molecule is CN1C(=O)Cc2cc(C3CNCCO3)cc(F)c21. The number of nitrogens with zero attached hydrogens (tertiary/aromatic N) is 1. The van der Waals surface area contributed by atoms with E-state index in [2.05, 4.69) is 5.32 Å². The third-order valence-electron chi connectivity index (χ3n) is 3.52. The highest BCUT2D eigenvalue weighted by molar-refractivity contribution is 6.01. The first kappa shape index (κ1) is 11.6. The number of nitrogens with one attached hydrogen (secondary N) is 1. The van der Waals surface area contributed by atoms with Crippen LogP contribution in [0.4, 0.5) is 10.1 Å². The van der Waals surface area contributed by atoms with E-state index in [4.69, 9.17) is 4.74 Å². The van der Waals surface area contributed by atoms with Crippen molar-refractivity contribution >= 4 is 11.6 Å². The van der Waals surface area contributed by atoms with Crippen molar-refractivity contribution < 1.29 is 13.9 Å². The summed E-state index contributed by atoms with van der Waals surface area (Å²) in [5.41, 5.74) is 1.97. The van der Waals surface area contributed by atoms with E-state index >= 15 is 0 Å². The third-order valence-corrected chi connectivity index (χ3v) is 3.52. The summed E-state index contributed by atoms with van der Waals surface area (Å²) in [6.45, 7) is 2.13. The van der Waals surface area contributed by atoms with Crippen molar-refractivity contribution in [3.05, 3.63) is 29.1 Å². The number of ether oxygens (including phenoxy) is 1. The van der Waals surface area contributed by atoms with Crippen LogP contribution < -0.4 is 10.2 Å². The van der Waals surface area contributed by atoms with Gasteiger partial charge in [0.25, 0.3) is 0 Å². The first-order chi connectivity index (χ1) is 8.66. The maximum atomic E-state index is 14.1. The molecule has 96 valence electrons. The molecule has 0 aliphatic carbocycles. The van der Waals surface area contributed by atoms with Crippen molar-refractivity contribution in [2.24, 2.45) is 0 Å². The van der Waals surface area contributed by atoms with Gasteiger partial charge in [-0.1, -0.05) is 6.07 Å². The minimum Gasteiger partial charge on any atom is -0.371 e. The molecule has 0 saturated carbocycles. The van der Waals surface area contributed by atoms with E-state index in [-0.39, 0.29) is 24.2 Å². The van der Waals surface area contributed by atoms with Crippen molar-refractivity contribution in [2.75, 3.05) is 31.6 Å². The van der Waals surface area contributed by atoms with Crippen LogP contribution in [0.3, 0.4) is 0 Å². The van der Waals surface area contributed by atoms with Gasteiger partial charge >= 0.3 is 0 Å². The summed E-state index contributed by atoms with van der Waals surface area (Å²) in [6, 6.07) is 3.36. The highest BCUT2D eigenvalue weighted by Gasteiger charge is 2.29. The molecule has 3 rings (SSSR count). The van der Waals surface area contributed by atoms with Gasteiger partial charge in [-0.05, 0) is 17.2 Å². The number of likely N-dealkylation sites (N-methyl/N-ethyl adjacent to an activating group) is 1. The topological polar surface area (TPSA) is 41.6 Å². The van der Waals surface area contributed by atoms with Crippen molar-refractivity contribution in [2.45, 2.75) is 12.5 Å². The molecule has 2 heterocycles. The summed E-state index contributed by atoms with van der Waals surface area (Å²) in [4.78, 5) is 13.0. The van der Waals surface area contributed by atoms with Crippen molar-refractivity contribution in [1.29, 1.82) is 0 Å². The van der Waals surface area contributed by atoms with Gasteiger partial charge in [0.2, 0.25) is 5.91 Å². The number of benzene rings is 1. The Hall–Kier alpha value is -1.46. The fourth-order valence-electron chi connectivity index (χ4n) is 2.56. The Kier molecular flexibility index (Phi) is 2.80. The number of hydrogen-bond donors (Lipinski definition) is 1. The van der Waals surface area contributed by atoms with E-state index in [1.54, 1.807) is 7.05 Å². The molecule has 2 aliphatic rings. The molecule has 5 heteroatoms. The predicted octanol–water partition coefficient (Wildman–Crippen LogP) is 1.01. The van der Waals surface area contributed by atoms with E-state index in [0.717, 1.165) is 17.7 Å². The van der Waals surface area contributed by atoms with Gasteiger partial charge < -0.3 is 15.0 Å². The van der Waals surface area contributed by atoms with Crippen molar-refractivity contribution in [3.8, 4) is 0 Å². The third kappa shape index (κ3) is 1.79. The van der Waals surface area contributed by atoms with E-state index < -0.39 is 0 Å². The quantitative estimate of drug-likeness (QED) is 0.808. The molecule has 18 heavy (non-hydrogen) atoms. The van der Waals surface area contributed by atoms with Gasteiger partial charge in [0, 0.05) is 20.1 Å². The minimum atomic E-state index is -0.343. The Balaban J connectivity index is 1.97. The maximum Gasteiger partial charge on any atom is 0.231 e. The molecule has 0 aromatic heterocycles. The Bertz CT molecular complexity index is 498. The number of rotatable bonds is 1. The van der Waals surface area contributed by atoms with Gasteiger partial charge in [0.05, 0.1) is 24.8 Å². The van der Waals surface area contributed by atoms with Crippen LogP contribution in [0.2, 0.25) is 0 Å². The van der Waals surface area contributed by atoms with Crippen molar-refractivity contribution in [1.82, 2.24) is 5.32 Å². The Morgan fingerprint density at radius 2 is 2.33 bits per heavy atom. The number of halogens is 1. The lowest BCUT2D eigenvalue weighted by Gasteiger charge is -2.24. The number of carbonyl (C=O) groups excluding carboxylic acids is 1. The van der Waals surface area contributed by atoms with Gasteiger partial charge in [0.15, 0.2) is 0 Å². The molecule has 0 spiro atoms. The molecule has 1 unspecified atom stereocenters. The number of morpholine rings is 1. The molecular formula is C13H15FN2O2. The summed E-state index contributed by atoms with van der Waals surface area (Å²) in [6.07, 6.45) is 0.149. The number of amides is 1. The fourth-order valence-corrected chi connectivity index (χ4v) is 2.56. The second kappa shape index (κ2) is 4.33. The van der Waals surface area contributed by atoms with Crippen LogP contribution in [-0.2, 0) is 16.0 Å². The molecule has 2 aliphatic heterocycles. The zero-order valence-electron chi connectivity index (χ0n) is 10.2. The van der Waals surface area contributed by atoms with Gasteiger partial charge in [-0.2, -0.15) is 0 Å². The van der Waals surface area contributed by atoms with Crippen LogP contribution in [0.5, 0.6) is 0 Å². The molecule has 1 N–H and O–H groups in total. The highest BCUT2D eigenvalue weighted by atomic mass is 19.1. The summed E-state index contributed by atoms with van der Waals surface area (Å²) < 4.78 is 19.7. The highest BCUT2D eigenvalue weighted by Crippen LogP contribution is 2.34. The van der Waals surface area contributed by atoms with Crippen LogP contribution in [0.15, 0.2) is 12.1 Å². The van der Waals surface area contributed by atoms with Crippen LogP contribution in [-0.4, -0.2) is 32.7 Å². The van der Waals surface area contributed by atoms with Gasteiger partial charge in [0.1, 0.15) is 5.82 Å². The van der Waals surface area contributed by atoms with E-state index in [0.29, 0.717) is 18.8 Å². The molecule has 1 saturated heterocycles. The molecule has 1 fully saturated rings. The maximum absolute atomic E-state index is 14.1. The molecular weight excluding hydrogens is 235 g/mol. The van der Waals surface area contributed by atoms with Crippen molar-refractivity contribution in [3.63, 3.8) is 0 Å². The second-order valence-corrected chi connectivity index (χ2v) is 4.70. The zero-order chi connectivity index (χ0) is 12.7. The number of anilines is 1. The fraction of sp³-hybridized carbons (Fsp3) is 0.462. The average Bonchev–Trinajstić information content (AvgIpc) is 2.66. The molecule has 1 amide bonds. The monoisotopic (exact) mass is 250 g/mol. The average molecular weight is 250 g/mol. The summed E-state index contributed by atoms with van der Waals surface area (Å²) in [5.74, 6) is -0.409. The molecule has 0 radical (unpaired) electrons. The van der Waals surface area contributed by atoms with Crippen LogP contribution in [0, 0.1) is 5.82 Å². The molecule has 1 aromatic rings. The molecule has 0 bridgehead atoms. The Morgan fingerprint density at radius 3 is 3.06 bits per heavy atom. The smallest absolute Gasteiger partial charge is 0.231 e. The lowest BCUT2D eigenvalue weighted by Crippen LogP contribution is -2.33. The number of hydrogen-bond acceptors (Lipinski definition) is 3. The number of carbonyl (C=O) groups is 1.